The SMILES string of the molecule is C=CC(=O)[O-].C=CC(=O)[O-].CCCCCCCCCCCCCCCCCC(=O)[O-].[O-2].[Zn+2].[Zn+2].[Zn+2]. The molecule has 0 N–H and O–H groups in total. The summed E-state index contributed by atoms with van der Waals surface area (Å²) in [6, 6.07) is 0. The van der Waals surface area contributed by atoms with Gasteiger partial charge in [0.25, 0.3) is 0 Å². The van der Waals surface area contributed by atoms with Gasteiger partial charge in [0, 0.05) is 5.97 Å². The molecule has 0 heterocycles. The van der Waals surface area contributed by atoms with Crippen LogP contribution in [0, 0.1) is 0 Å². The first-order valence-electron chi connectivity index (χ1n) is 11.2. The van der Waals surface area contributed by atoms with Gasteiger partial charge in [-0.2, -0.15) is 0 Å². The van der Waals surface area contributed by atoms with E-state index in [4.69, 9.17) is 19.8 Å². The normalized spacial score (nSPS) is 8.26. The molecule has 0 fully saturated rings. The largest absolute Gasteiger partial charge is 2.00 e. The Morgan fingerprint density at radius 1 is 0.559 bits per heavy atom. The molecule has 0 aromatic heterocycles. The minimum Gasteiger partial charge on any atom is -2.00 e. The fourth-order valence-corrected chi connectivity index (χ4v) is 2.64. The number of carboxylic acid groups (broad SMARTS) is 3. The van der Waals surface area contributed by atoms with E-state index >= 15 is 0 Å². The van der Waals surface area contributed by atoms with Crippen molar-refractivity contribution in [1.29, 1.82) is 0 Å². The van der Waals surface area contributed by atoms with Crippen molar-refractivity contribution in [2.75, 3.05) is 0 Å². The molecule has 0 bridgehead atoms. The molecule has 0 amide bonds. The second-order valence-corrected chi connectivity index (χ2v) is 7.12. The summed E-state index contributed by atoms with van der Waals surface area (Å²) < 4.78 is 0. The number of unbranched alkanes of at least 4 members (excludes halogenated alkanes) is 14. The zero-order valence-electron chi connectivity index (χ0n) is 21.4. The Morgan fingerprint density at radius 2 is 0.765 bits per heavy atom. The summed E-state index contributed by atoms with van der Waals surface area (Å²) in [7, 11) is 0. The quantitative estimate of drug-likeness (QED) is 0.128. The van der Waals surface area contributed by atoms with E-state index in [2.05, 4.69) is 20.1 Å². The summed E-state index contributed by atoms with van der Waals surface area (Å²) in [6.45, 7) is 8.06. The Balaban J connectivity index is -0.0000000882. The molecule has 0 unspecified atom stereocenters. The van der Waals surface area contributed by atoms with Gasteiger partial charge in [-0.3, -0.25) is 0 Å². The molecule has 0 aromatic rings. The van der Waals surface area contributed by atoms with Crippen molar-refractivity contribution in [3.63, 3.8) is 0 Å². The van der Waals surface area contributed by atoms with Gasteiger partial charge in [-0.05, 0) is 25.0 Å². The molecule has 0 saturated heterocycles. The number of aliphatic carboxylic acids is 3. The van der Waals surface area contributed by atoms with Gasteiger partial charge < -0.3 is 35.2 Å². The molecule has 7 nitrogen and oxygen atoms in total. The molecule has 34 heavy (non-hydrogen) atoms. The monoisotopic (exact) mass is 633 g/mol. The van der Waals surface area contributed by atoms with E-state index in [0.717, 1.165) is 25.0 Å². The molecule has 0 saturated carbocycles. The predicted molar refractivity (Wildman–Crippen MR) is 116 cm³/mol. The molecule has 10 heteroatoms. The molecule has 0 atom stereocenters. The number of carboxylic acids is 3. The van der Waals surface area contributed by atoms with Crippen LogP contribution in [-0.4, -0.2) is 17.9 Å². The van der Waals surface area contributed by atoms with Crippen molar-refractivity contribution in [3.8, 4) is 0 Å². The number of carbonyl (C=O) groups excluding carboxylic acids is 3. The predicted octanol–water partition coefficient (Wildman–Crippen LogP) is 2.72. The molecule has 0 aromatic carbocycles. The summed E-state index contributed by atoms with van der Waals surface area (Å²) >= 11 is 0. The van der Waals surface area contributed by atoms with Crippen LogP contribution in [0.3, 0.4) is 0 Å². The Hall–Kier alpha value is -0.280. The summed E-state index contributed by atoms with van der Waals surface area (Å²) in [5, 5.41) is 28.5. The van der Waals surface area contributed by atoms with Crippen LogP contribution in [0.2, 0.25) is 0 Å². The van der Waals surface area contributed by atoms with E-state index < -0.39 is 17.9 Å². The Kier molecular flexibility index (Phi) is 68.6. The number of carbonyl (C=O) groups is 3. The molecule has 184 valence electrons. The van der Waals surface area contributed by atoms with Crippen molar-refractivity contribution in [2.24, 2.45) is 0 Å². The third-order valence-corrected chi connectivity index (χ3v) is 4.32. The topological polar surface area (TPSA) is 149 Å². The Labute approximate surface area is 245 Å². The van der Waals surface area contributed by atoms with Crippen LogP contribution in [0.4, 0.5) is 0 Å². The summed E-state index contributed by atoms with van der Waals surface area (Å²) in [4.78, 5) is 28.5. The van der Waals surface area contributed by atoms with E-state index in [1.165, 1.54) is 83.5 Å². The molecule has 0 spiro atoms. The third kappa shape index (κ3) is 69.7. The molecule has 0 rings (SSSR count). The van der Waals surface area contributed by atoms with Gasteiger partial charge in [0.2, 0.25) is 0 Å². The maximum atomic E-state index is 10.2. The van der Waals surface area contributed by atoms with Crippen LogP contribution in [0.5, 0.6) is 0 Å². The summed E-state index contributed by atoms with van der Waals surface area (Å²) in [5.41, 5.74) is 0. The van der Waals surface area contributed by atoms with E-state index in [9.17, 15) is 9.90 Å². The molecular formula is C24H41O7Zn3+. The Bertz CT molecular complexity index is 430. The maximum absolute atomic E-state index is 10.2. The third-order valence-electron chi connectivity index (χ3n) is 4.32. The minimum atomic E-state index is -1.23. The zero-order valence-corrected chi connectivity index (χ0v) is 30.3. The fraction of sp³-hybridized carbons (Fsp3) is 0.708. The zero-order chi connectivity index (χ0) is 23.5. The number of hydrogen-bond donors (Lipinski definition) is 0. The molecule has 0 aliphatic carbocycles. The second-order valence-electron chi connectivity index (χ2n) is 7.12. The van der Waals surface area contributed by atoms with Crippen molar-refractivity contribution in [1.82, 2.24) is 0 Å². The number of rotatable bonds is 18. The van der Waals surface area contributed by atoms with Crippen molar-refractivity contribution in [3.05, 3.63) is 25.3 Å². The summed E-state index contributed by atoms with van der Waals surface area (Å²) in [6.07, 6.45) is 21.3. The van der Waals surface area contributed by atoms with E-state index in [0.29, 0.717) is 0 Å². The van der Waals surface area contributed by atoms with Crippen LogP contribution in [0.1, 0.15) is 110 Å². The van der Waals surface area contributed by atoms with Gasteiger partial charge in [0.05, 0.1) is 11.9 Å². The van der Waals surface area contributed by atoms with Crippen molar-refractivity contribution >= 4 is 17.9 Å². The molecule has 0 aliphatic heterocycles. The van der Waals surface area contributed by atoms with Crippen LogP contribution < -0.4 is 15.3 Å². The van der Waals surface area contributed by atoms with Gasteiger partial charge in [-0.15, -0.1) is 0 Å². The van der Waals surface area contributed by atoms with Crippen LogP contribution >= 0.6 is 0 Å². The van der Waals surface area contributed by atoms with Gasteiger partial charge in [0.15, 0.2) is 0 Å². The van der Waals surface area contributed by atoms with Crippen LogP contribution in [-0.2, 0) is 78.3 Å². The van der Waals surface area contributed by atoms with Crippen LogP contribution in [0.25, 0.3) is 0 Å². The average molecular weight is 638 g/mol. The van der Waals surface area contributed by atoms with E-state index in [-0.39, 0.29) is 70.3 Å². The maximum Gasteiger partial charge on any atom is 2.00 e. The summed E-state index contributed by atoms with van der Waals surface area (Å²) in [5.74, 6) is -3.37. The fourth-order valence-electron chi connectivity index (χ4n) is 2.64. The molecule has 0 aliphatic rings. The minimum absolute atomic E-state index is 0. The van der Waals surface area contributed by atoms with Gasteiger partial charge in [0.1, 0.15) is 0 Å². The van der Waals surface area contributed by atoms with Crippen molar-refractivity contribution < 1.29 is 93.6 Å². The van der Waals surface area contributed by atoms with Gasteiger partial charge in [-0.1, -0.05) is 110 Å². The Morgan fingerprint density at radius 3 is 0.941 bits per heavy atom. The van der Waals surface area contributed by atoms with Crippen LogP contribution in [0.15, 0.2) is 25.3 Å². The molecule has 0 radical (unpaired) electrons. The second kappa shape index (κ2) is 46.1. The first kappa shape index (κ1) is 50.6. The first-order chi connectivity index (χ1) is 14.3. The van der Waals surface area contributed by atoms with Gasteiger partial charge >= 0.3 is 58.4 Å². The van der Waals surface area contributed by atoms with Gasteiger partial charge in [-0.25, -0.2) is 0 Å². The number of hydrogen-bond acceptors (Lipinski definition) is 6. The molecular weight excluding hydrogens is 596 g/mol. The standard InChI is InChI=1S/C18H36O2.2C3H4O2.O.3Zn/c1-2-3-4-5-6-7-8-9-10-11-12-13-14-15-16-17-18(19)20;2*1-2-3(4)5;;;;/h2-17H2,1H3,(H,19,20);2*2H,1H2,(H,4,5);;;;/q;;;-2;3*+2/p-3. The van der Waals surface area contributed by atoms with E-state index in [1.807, 2.05) is 0 Å². The smallest absolute Gasteiger partial charge is 2.00 e. The first-order valence-corrected chi connectivity index (χ1v) is 11.2. The van der Waals surface area contributed by atoms with E-state index in [1.54, 1.807) is 0 Å². The average Bonchev–Trinajstić information content (AvgIpc) is 2.71. The van der Waals surface area contributed by atoms with Crippen molar-refractivity contribution in [2.45, 2.75) is 110 Å².